The average Bonchev–Trinajstić information content (AvgIpc) is 2.85. The Morgan fingerprint density at radius 2 is 2.11 bits per heavy atom. The summed E-state index contributed by atoms with van der Waals surface area (Å²) >= 11 is 0. The van der Waals surface area contributed by atoms with Crippen molar-refractivity contribution in [1.29, 1.82) is 0 Å². The van der Waals surface area contributed by atoms with E-state index >= 15 is 0 Å². The Morgan fingerprint density at radius 3 is 2.67 bits per heavy atom. The van der Waals surface area contributed by atoms with Crippen LogP contribution in [0.3, 0.4) is 0 Å². The van der Waals surface area contributed by atoms with Gasteiger partial charge in [-0.1, -0.05) is 25.9 Å². The fourth-order valence-corrected chi connectivity index (χ4v) is 1.54. The van der Waals surface area contributed by atoms with Crippen LogP contribution in [0.4, 0.5) is 0 Å². The van der Waals surface area contributed by atoms with Crippen LogP contribution in [0.2, 0.25) is 0 Å². The molecule has 0 aliphatic heterocycles. The maximum atomic E-state index is 9.99. The number of aryl methyl sites for hydroxylation is 1. The van der Waals surface area contributed by atoms with Crippen LogP contribution in [0.1, 0.15) is 32.4 Å². The SMILES string of the molecule is Cc1occc1-c1noc(CC(O)C(C)(C)C)n1. The van der Waals surface area contributed by atoms with E-state index in [1.807, 2.05) is 27.7 Å². The molecule has 0 saturated heterocycles. The van der Waals surface area contributed by atoms with Crippen molar-refractivity contribution >= 4 is 0 Å². The number of furan rings is 1. The van der Waals surface area contributed by atoms with E-state index in [2.05, 4.69) is 10.1 Å². The van der Waals surface area contributed by atoms with E-state index in [0.717, 1.165) is 11.3 Å². The van der Waals surface area contributed by atoms with Gasteiger partial charge < -0.3 is 14.0 Å². The topological polar surface area (TPSA) is 72.3 Å². The van der Waals surface area contributed by atoms with Gasteiger partial charge in [0.15, 0.2) is 0 Å². The van der Waals surface area contributed by atoms with Crippen molar-refractivity contribution in [3.63, 3.8) is 0 Å². The van der Waals surface area contributed by atoms with Crippen LogP contribution in [0, 0.1) is 12.3 Å². The molecule has 0 fully saturated rings. The average molecular weight is 250 g/mol. The second kappa shape index (κ2) is 4.57. The van der Waals surface area contributed by atoms with Crippen LogP contribution in [-0.2, 0) is 6.42 Å². The van der Waals surface area contributed by atoms with Crippen molar-refractivity contribution < 1.29 is 14.0 Å². The zero-order valence-electron chi connectivity index (χ0n) is 11.1. The van der Waals surface area contributed by atoms with Crippen molar-refractivity contribution in [2.45, 2.75) is 40.2 Å². The molecule has 0 bridgehead atoms. The van der Waals surface area contributed by atoms with Crippen LogP contribution < -0.4 is 0 Å². The zero-order valence-corrected chi connectivity index (χ0v) is 11.1. The number of aromatic nitrogens is 2. The van der Waals surface area contributed by atoms with Gasteiger partial charge in [-0.15, -0.1) is 0 Å². The van der Waals surface area contributed by atoms with Gasteiger partial charge in [0, 0.05) is 0 Å². The monoisotopic (exact) mass is 250 g/mol. The number of hydrogen-bond acceptors (Lipinski definition) is 5. The Balaban J connectivity index is 2.15. The number of hydrogen-bond donors (Lipinski definition) is 1. The minimum Gasteiger partial charge on any atom is -0.469 e. The normalized spacial score (nSPS) is 13.8. The first kappa shape index (κ1) is 12.8. The zero-order chi connectivity index (χ0) is 13.3. The van der Waals surface area contributed by atoms with Crippen LogP contribution >= 0.6 is 0 Å². The lowest BCUT2D eigenvalue weighted by molar-refractivity contribution is 0.0565. The molecule has 0 amide bonds. The van der Waals surface area contributed by atoms with Gasteiger partial charge in [0.05, 0.1) is 24.4 Å². The predicted octanol–water partition coefficient (Wildman–Crippen LogP) is 2.59. The van der Waals surface area contributed by atoms with E-state index in [0.29, 0.717) is 18.1 Å². The smallest absolute Gasteiger partial charge is 0.229 e. The van der Waals surface area contributed by atoms with Gasteiger partial charge in [0.1, 0.15) is 5.76 Å². The van der Waals surface area contributed by atoms with E-state index in [4.69, 9.17) is 8.94 Å². The molecule has 0 aromatic carbocycles. The third kappa shape index (κ3) is 2.61. The molecule has 2 aromatic heterocycles. The van der Waals surface area contributed by atoms with Crippen LogP contribution in [0.15, 0.2) is 21.3 Å². The molecule has 98 valence electrons. The fraction of sp³-hybridized carbons (Fsp3) is 0.538. The molecule has 2 rings (SSSR count). The summed E-state index contributed by atoms with van der Waals surface area (Å²) in [6, 6.07) is 1.80. The predicted molar refractivity (Wildman–Crippen MR) is 65.9 cm³/mol. The standard InChI is InChI=1S/C13H18N2O3/c1-8-9(5-6-17-8)12-14-11(18-15-12)7-10(16)13(2,3)4/h5-6,10,16H,7H2,1-4H3. The largest absolute Gasteiger partial charge is 0.469 e. The lowest BCUT2D eigenvalue weighted by Gasteiger charge is -2.24. The Morgan fingerprint density at radius 1 is 1.39 bits per heavy atom. The number of nitrogens with zero attached hydrogens (tertiary/aromatic N) is 2. The van der Waals surface area contributed by atoms with Crippen molar-refractivity contribution in [2.24, 2.45) is 5.41 Å². The molecule has 1 atom stereocenters. The third-order valence-corrected chi connectivity index (χ3v) is 2.94. The summed E-state index contributed by atoms with van der Waals surface area (Å²) in [7, 11) is 0. The maximum Gasteiger partial charge on any atom is 0.229 e. The summed E-state index contributed by atoms with van der Waals surface area (Å²) in [5.74, 6) is 1.68. The second-order valence-electron chi connectivity index (χ2n) is 5.49. The fourth-order valence-electron chi connectivity index (χ4n) is 1.54. The van der Waals surface area contributed by atoms with E-state index in [-0.39, 0.29) is 5.41 Å². The van der Waals surface area contributed by atoms with Gasteiger partial charge in [0.25, 0.3) is 0 Å². The highest BCUT2D eigenvalue weighted by molar-refractivity contribution is 5.56. The van der Waals surface area contributed by atoms with E-state index in [1.54, 1.807) is 12.3 Å². The summed E-state index contributed by atoms with van der Waals surface area (Å²) in [4.78, 5) is 4.27. The highest BCUT2D eigenvalue weighted by Gasteiger charge is 2.25. The molecule has 0 spiro atoms. The van der Waals surface area contributed by atoms with Gasteiger partial charge in [-0.3, -0.25) is 0 Å². The Hall–Kier alpha value is -1.62. The second-order valence-corrected chi connectivity index (χ2v) is 5.49. The molecule has 1 N–H and O–H groups in total. The lowest BCUT2D eigenvalue weighted by atomic mass is 9.87. The van der Waals surface area contributed by atoms with Crippen molar-refractivity contribution in [2.75, 3.05) is 0 Å². The summed E-state index contributed by atoms with van der Waals surface area (Å²) in [6.45, 7) is 7.74. The first-order valence-electron chi connectivity index (χ1n) is 5.93. The molecule has 0 aliphatic carbocycles. The van der Waals surface area contributed by atoms with Crippen LogP contribution in [0.5, 0.6) is 0 Å². The molecule has 0 saturated carbocycles. The summed E-state index contributed by atoms with van der Waals surface area (Å²) in [5.41, 5.74) is 0.607. The summed E-state index contributed by atoms with van der Waals surface area (Å²) in [6.07, 6.45) is 1.43. The van der Waals surface area contributed by atoms with Crippen LogP contribution in [-0.4, -0.2) is 21.4 Å². The summed E-state index contributed by atoms with van der Waals surface area (Å²) < 4.78 is 10.3. The minimum absolute atomic E-state index is 0.208. The van der Waals surface area contributed by atoms with Crippen molar-refractivity contribution in [1.82, 2.24) is 10.1 Å². The summed E-state index contributed by atoms with van der Waals surface area (Å²) in [5, 5.41) is 13.9. The molecular formula is C13H18N2O3. The minimum atomic E-state index is -0.517. The number of aliphatic hydroxyl groups is 1. The Bertz CT molecular complexity index is 522. The van der Waals surface area contributed by atoms with Gasteiger partial charge in [0.2, 0.25) is 11.7 Å². The molecule has 5 nitrogen and oxygen atoms in total. The van der Waals surface area contributed by atoms with E-state index in [1.165, 1.54) is 0 Å². The lowest BCUT2D eigenvalue weighted by Crippen LogP contribution is -2.28. The van der Waals surface area contributed by atoms with Gasteiger partial charge in [-0.05, 0) is 18.4 Å². The molecule has 18 heavy (non-hydrogen) atoms. The highest BCUT2D eigenvalue weighted by Crippen LogP contribution is 2.24. The molecule has 2 aromatic rings. The molecule has 0 aliphatic rings. The molecule has 0 radical (unpaired) electrons. The van der Waals surface area contributed by atoms with Crippen LogP contribution in [0.25, 0.3) is 11.4 Å². The molecular weight excluding hydrogens is 232 g/mol. The Kier molecular flexibility index (Phi) is 3.26. The molecule has 1 unspecified atom stereocenters. The number of rotatable bonds is 3. The van der Waals surface area contributed by atoms with Crippen molar-refractivity contribution in [3.8, 4) is 11.4 Å². The molecule has 2 heterocycles. The highest BCUT2D eigenvalue weighted by atomic mass is 16.5. The van der Waals surface area contributed by atoms with E-state index < -0.39 is 6.10 Å². The van der Waals surface area contributed by atoms with Gasteiger partial charge in [-0.2, -0.15) is 4.98 Å². The molecule has 5 heteroatoms. The first-order valence-corrected chi connectivity index (χ1v) is 5.93. The first-order chi connectivity index (χ1) is 8.38. The van der Waals surface area contributed by atoms with Crippen molar-refractivity contribution in [3.05, 3.63) is 24.0 Å². The number of aliphatic hydroxyl groups excluding tert-OH is 1. The quantitative estimate of drug-likeness (QED) is 0.906. The third-order valence-electron chi connectivity index (χ3n) is 2.94. The maximum absolute atomic E-state index is 9.99. The van der Waals surface area contributed by atoms with Gasteiger partial charge >= 0.3 is 0 Å². The Labute approximate surface area is 106 Å². The van der Waals surface area contributed by atoms with E-state index in [9.17, 15) is 5.11 Å². The van der Waals surface area contributed by atoms with Gasteiger partial charge in [-0.25, -0.2) is 0 Å².